The van der Waals surface area contributed by atoms with Crippen LogP contribution in [0.5, 0.6) is 5.75 Å². The summed E-state index contributed by atoms with van der Waals surface area (Å²) in [5, 5.41) is 9.62. The summed E-state index contributed by atoms with van der Waals surface area (Å²) in [6.45, 7) is 9.37. The van der Waals surface area contributed by atoms with E-state index >= 15 is 0 Å². The molecule has 0 atom stereocenters. The monoisotopic (exact) mass is 282 g/mol. The minimum absolute atomic E-state index is 0.353. The highest BCUT2D eigenvalue weighted by molar-refractivity contribution is 6.32. The number of hydrogen-bond acceptors (Lipinski definition) is 2. The molecule has 0 unspecified atom stereocenters. The average Bonchev–Trinajstić information content (AvgIpc) is 2.29. The van der Waals surface area contributed by atoms with Crippen molar-refractivity contribution in [2.45, 2.75) is 27.2 Å². The number of hydrogen-bond donors (Lipinski definition) is 1. The third-order valence-electron chi connectivity index (χ3n) is 2.73. The van der Waals surface area contributed by atoms with Crippen molar-refractivity contribution in [1.29, 1.82) is 0 Å². The van der Waals surface area contributed by atoms with Crippen LogP contribution < -0.4 is 4.74 Å². The lowest BCUT2D eigenvalue weighted by atomic mass is 9.86. The summed E-state index contributed by atoms with van der Waals surface area (Å²) in [6, 6.07) is 5.40. The maximum atomic E-state index is 11.2. The van der Waals surface area contributed by atoms with Crippen molar-refractivity contribution in [2.75, 3.05) is 6.61 Å². The number of halogens is 1. The molecule has 0 spiro atoms. The van der Waals surface area contributed by atoms with Gasteiger partial charge in [-0.05, 0) is 44.4 Å². The molecule has 0 heterocycles. The molecule has 0 aliphatic rings. The molecule has 3 nitrogen and oxygen atoms in total. The van der Waals surface area contributed by atoms with E-state index < -0.39 is 11.4 Å². The highest BCUT2D eigenvalue weighted by Crippen LogP contribution is 2.33. The first-order chi connectivity index (χ1) is 8.74. The van der Waals surface area contributed by atoms with Crippen molar-refractivity contribution in [3.8, 4) is 5.75 Å². The van der Waals surface area contributed by atoms with E-state index in [9.17, 15) is 4.79 Å². The van der Waals surface area contributed by atoms with E-state index in [1.807, 2.05) is 19.1 Å². The van der Waals surface area contributed by atoms with Gasteiger partial charge in [-0.3, -0.25) is 4.79 Å². The molecule has 0 amide bonds. The first kappa shape index (κ1) is 15.6. The molecule has 1 rings (SSSR count). The second-order valence-electron chi connectivity index (χ2n) is 5.34. The number of aliphatic carboxylic acids is 1. The Morgan fingerprint density at radius 2 is 2.11 bits per heavy atom. The third kappa shape index (κ3) is 4.28. The molecule has 0 radical (unpaired) electrons. The SMILES string of the molecule is C=C(C)COc1cccc(CC(C)(C)C(=O)O)c1Cl. The van der Waals surface area contributed by atoms with Crippen LogP contribution in [0.25, 0.3) is 0 Å². The lowest BCUT2D eigenvalue weighted by molar-refractivity contribution is -0.146. The first-order valence-corrected chi connectivity index (χ1v) is 6.40. The van der Waals surface area contributed by atoms with Gasteiger partial charge < -0.3 is 9.84 Å². The molecule has 0 aliphatic heterocycles. The van der Waals surface area contributed by atoms with Gasteiger partial charge in [0.2, 0.25) is 0 Å². The summed E-state index contributed by atoms with van der Waals surface area (Å²) in [6.07, 6.45) is 0.353. The van der Waals surface area contributed by atoms with Gasteiger partial charge in [-0.1, -0.05) is 30.3 Å². The molecule has 0 saturated heterocycles. The van der Waals surface area contributed by atoms with Gasteiger partial charge >= 0.3 is 5.97 Å². The van der Waals surface area contributed by atoms with Gasteiger partial charge in [0.05, 0.1) is 10.4 Å². The van der Waals surface area contributed by atoms with Crippen molar-refractivity contribution in [1.82, 2.24) is 0 Å². The zero-order valence-corrected chi connectivity index (χ0v) is 12.3. The molecule has 0 saturated carbocycles. The molecule has 1 aromatic carbocycles. The van der Waals surface area contributed by atoms with Crippen molar-refractivity contribution in [3.63, 3.8) is 0 Å². The standard InChI is InChI=1S/C15H19ClO3/c1-10(2)9-19-12-7-5-6-11(13(12)16)8-15(3,4)14(17)18/h5-7H,1,8-9H2,2-4H3,(H,17,18). The van der Waals surface area contributed by atoms with Gasteiger partial charge in [-0.15, -0.1) is 0 Å². The van der Waals surface area contributed by atoms with E-state index in [0.717, 1.165) is 11.1 Å². The number of benzene rings is 1. The summed E-state index contributed by atoms with van der Waals surface area (Å²) >= 11 is 6.26. The fourth-order valence-electron chi connectivity index (χ4n) is 1.56. The summed E-state index contributed by atoms with van der Waals surface area (Å²) < 4.78 is 5.53. The van der Waals surface area contributed by atoms with Gasteiger partial charge in [-0.2, -0.15) is 0 Å². The highest BCUT2D eigenvalue weighted by Gasteiger charge is 2.28. The predicted octanol–water partition coefficient (Wildman–Crippen LogP) is 3.95. The summed E-state index contributed by atoms with van der Waals surface area (Å²) in [4.78, 5) is 11.2. The van der Waals surface area contributed by atoms with Crippen molar-refractivity contribution < 1.29 is 14.6 Å². The van der Waals surface area contributed by atoms with Gasteiger partial charge in [0.15, 0.2) is 0 Å². The Morgan fingerprint density at radius 3 is 2.63 bits per heavy atom. The van der Waals surface area contributed by atoms with E-state index in [2.05, 4.69) is 6.58 Å². The van der Waals surface area contributed by atoms with Crippen molar-refractivity contribution in [3.05, 3.63) is 40.9 Å². The van der Waals surface area contributed by atoms with Crippen LogP contribution in [-0.4, -0.2) is 17.7 Å². The Kier molecular flexibility index (Phi) is 5.01. The number of carboxylic acids is 1. The zero-order chi connectivity index (χ0) is 14.6. The Bertz CT molecular complexity index is 492. The molecule has 104 valence electrons. The maximum absolute atomic E-state index is 11.2. The largest absolute Gasteiger partial charge is 0.488 e. The fourth-order valence-corrected chi connectivity index (χ4v) is 1.80. The minimum atomic E-state index is -0.864. The normalized spacial score (nSPS) is 11.2. The van der Waals surface area contributed by atoms with Crippen LogP contribution >= 0.6 is 11.6 Å². The highest BCUT2D eigenvalue weighted by atomic mass is 35.5. The molecule has 0 bridgehead atoms. The van der Waals surface area contributed by atoms with Gasteiger partial charge in [0, 0.05) is 0 Å². The van der Waals surface area contributed by atoms with E-state index in [1.54, 1.807) is 19.9 Å². The third-order valence-corrected chi connectivity index (χ3v) is 3.16. The maximum Gasteiger partial charge on any atom is 0.309 e. The number of carbonyl (C=O) groups is 1. The molecule has 0 aliphatic carbocycles. The Balaban J connectivity index is 2.94. The Morgan fingerprint density at radius 1 is 1.47 bits per heavy atom. The fraction of sp³-hybridized carbons (Fsp3) is 0.400. The summed E-state index contributed by atoms with van der Waals surface area (Å²) in [7, 11) is 0. The van der Waals surface area contributed by atoms with Crippen LogP contribution in [0, 0.1) is 5.41 Å². The molecular weight excluding hydrogens is 264 g/mol. The van der Waals surface area contributed by atoms with E-state index in [-0.39, 0.29) is 0 Å². The Hall–Kier alpha value is -1.48. The van der Waals surface area contributed by atoms with Crippen LogP contribution in [0.1, 0.15) is 26.3 Å². The molecule has 4 heteroatoms. The molecule has 19 heavy (non-hydrogen) atoms. The lowest BCUT2D eigenvalue weighted by Gasteiger charge is -2.20. The topological polar surface area (TPSA) is 46.5 Å². The van der Waals surface area contributed by atoms with Crippen LogP contribution in [-0.2, 0) is 11.2 Å². The van der Waals surface area contributed by atoms with E-state index in [1.165, 1.54) is 0 Å². The van der Waals surface area contributed by atoms with Gasteiger partial charge in [0.25, 0.3) is 0 Å². The molecular formula is C15H19ClO3. The molecule has 1 N–H and O–H groups in total. The van der Waals surface area contributed by atoms with Crippen LogP contribution in [0.15, 0.2) is 30.4 Å². The summed E-state index contributed by atoms with van der Waals surface area (Å²) in [5.74, 6) is -0.292. The van der Waals surface area contributed by atoms with Crippen molar-refractivity contribution in [2.24, 2.45) is 5.41 Å². The van der Waals surface area contributed by atoms with Crippen LogP contribution in [0.4, 0.5) is 0 Å². The second kappa shape index (κ2) is 6.11. The van der Waals surface area contributed by atoms with E-state index in [0.29, 0.717) is 23.8 Å². The van der Waals surface area contributed by atoms with E-state index in [4.69, 9.17) is 21.4 Å². The lowest BCUT2D eigenvalue weighted by Crippen LogP contribution is -2.26. The zero-order valence-electron chi connectivity index (χ0n) is 11.5. The quantitative estimate of drug-likeness (QED) is 0.804. The second-order valence-corrected chi connectivity index (χ2v) is 5.72. The van der Waals surface area contributed by atoms with Gasteiger partial charge in [-0.25, -0.2) is 0 Å². The van der Waals surface area contributed by atoms with Crippen LogP contribution in [0.2, 0.25) is 5.02 Å². The molecule has 0 aromatic heterocycles. The number of carboxylic acid groups (broad SMARTS) is 1. The molecule has 1 aromatic rings. The summed E-state index contributed by atoms with van der Waals surface area (Å²) in [5.41, 5.74) is 0.803. The smallest absolute Gasteiger partial charge is 0.309 e. The predicted molar refractivity (Wildman–Crippen MR) is 76.9 cm³/mol. The first-order valence-electron chi connectivity index (χ1n) is 6.02. The average molecular weight is 283 g/mol. The number of ether oxygens (including phenoxy) is 1. The Labute approximate surface area is 118 Å². The van der Waals surface area contributed by atoms with Crippen molar-refractivity contribution >= 4 is 17.6 Å². The van der Waals surface area contributed by atoms with Gasteiger partial charge in [0.1, 0.15) is 12.4 Å². The minimum Gasteiger partial charge on any atom is -0.488 e. The van der Waals surface area contributed by atoms with Crippen LogP contribution in [0.3, 0.4) is 0 Å². The molecule has 0 fully saturated rings. The number of rotatable bonds is 6.